The molecule has 0 aromatic heterocycles. The summed E-state index contributed by atoms with van der Waals surface area (Å²) >= 11 is 0. The SMILES string of the molecule is COc1ccc(C(=O)COC(=O)C2CCC(N3C(=O)[C@@H]4[C@H]5CC[C@@H](C5)[C@@H]4C3=O)CC2)cc1. The van der Waals surface area contributed by atoms with E-state index in [1.165, 1.54) is 0 Å². The summed E-state index contributed by atoms with van der Waals surface area (Å²) in [5.74, 6) is 0.387. The summed E-state index contributed by atoms with van der Waals surface area (Å²) in [6.45, 7) is -0.291. The number of ketones is 1. The zero-order valence-electron chi connectivity index (χ0n) is 18.3. The summed E-state index contributed by atoms with van der Waals surface area (Å²) in [4.78, 5) is 52.4. The van der Waals surface area contributed by atoms with Crippen LogP contribution in [0.3, 0.4) is 0 Å². The fraction of sp³-hybridized carbons (Fsp3) is 0.600. The van der Waals surface area contributed by atoms with Gasteiger partial charge in [-0.15, -0.1) is 0 Å². The largest absolute Gasteiger partial charge is 0.497 e. The summed E-state index contributed by atoms with van der Waals surface area (Å²) in [6.07, 6.45) is 5.57. The van der Waals surface area contributed by atoms with E-state index >= 15 is 0 Å². The number of nitrogens with zero attached hydrogens (tertiary/aromatic N) is 1. The lowest BCUT2D eigenvalue weighted by Gasteiger charge is -2.33. The Hall–Kier alpha value is -2.70. The molecule has 0 spiro atoms. The van der Waals surface area contributed by atoms with Gasteiger partial charge in [-0.1, -0.05) is 0 Å². The zero-order chi connectivity index (χ0) is 22.4. The molecular weight excluding hydrogens is 410 g/mol. The van der Waals surface area contributed by atoms with Gasteiger partial charge in [0.2, 0.25) is 11.8 Å². The van der Waals surface area contributed by atoms with Gasteiger partial charge in [-0.2, -0.15) is 0 Å². The van der Waals surface area contributed by atoms with Gasteiger partial charge in [-0.05, 0) is 81.0 Å². The Morgan fingerprint density at radius 1 is 0.906 bits per heavy atom. The van der Waals surface area contributed by atoms with Gasteiger partial charge >= 0.3 is 5.97 Å². The van der Waals surface area contributed by atoms with E-state index in [9.17, 15) is 19.2 Å². The van der Waals surface area contributed by atoms with Crippen LogP contribution in [0.2, 0.25) is 0 Å². The minimum Gasteiger partial charge on any atom is -0.497 e. The number of hydrogen-bond acceptors (Lipinski definition) is 6. The molecule has 0 radical (unpaired) electrons. The van der Waals surface area contributed by atoms with Gasteiger partial charge < -0.3 is 9.47 Å². The maximum atomic E-state index is 13.0. The minimum atomic E-state index is -0.376. The molecule has 2 amide bonds. The van der Waals surface area contributed by atoms with E-state index in [1.54, 1.807) is 36.3 Å². The van der Waals surface area contributed by atoms with Gasteiger partial charge in [-0.3, -0.25) is 24.1 Å². The lowest BCUT2D eigenvalue weighted by atomic mass is 9.81. The van der Waals surface area contributed by atoms with Crippen molar-refractivity contribution in [1.29, 1.82) is 0 Å². The molecule has 5 rings (SSSR count). The Morgan fingerprint density at radius 2 is 1.50 bits per heavy atom. The average Bonchev–Trinajstić information content (AvgIpc) is 3.51. The van der Waals surface area contributed by atoms with E-state index in [2.05, 4.69) is 0 Å². The number of hydrogen-bond donors (Lipinski definition) is 0. The molecule has 4 atom stereocenters. The normalized spacial score (nSPS) is 33.3. The summed E-state index contributed by atoms with van der Waals surface area (Å²) in [5, 5.41) is 0. The monoisotopic (exact) mass is 439 g/mol. The van der Waals surface area contributed by atoms with Crippen LogP contribution in [0.1, 0.15) is 55.3 Å². The number of carbonyl (C=O) groups excluding carboxylic acids is 4. The molecule has 4 fully saturated rings. The molecule has 3 aliphatic carbocycles. The molecule has 2 bridgehead atoms. The molecule has 1 heterocycles. The summed E-state index contributed by atoms with van der Waals surface area (Å²) in [7, 11) is 1.55. The topological polar surface area (TPSA) is 90.0 Å². The Kier molecular flexibility index (Phi) is 5.51. The van der Waals surface area contributed by atoms with Gasteiger partial charge in [0.1, 0.15) is 5.75 Å². The third-order valence-electron chi connectivity index (χ3n) is 8.11. The maximum Gasteiger partial charge on any atom is 0.309 e. The van der Waals surface area contributed by atoms with Crippen LogP contribution in [-0.4, -0.2) is 48.2 Å². The van der Waals surface area contributed by atoms with E-state index in [0.29, 0.717) is 48.8 Å². The lowest BCUT2D eigenvalue weighted by Crippen LogP contribution is -2.44. The molecule has 1 saturated heterocycles. The highest BCUT2D eigenvalue weighted by molar-refractivity contribution is 6.06. The molecule has 1 aromatic rings. The third kappa shape index (κ3) is 3.51. The van der Waals surface area contributed by atoms with Crippen LogP contribution < -0.4 is 4.74 Å². The molecule has 1 aliphatic heterocycles. The number of methoxy groups -OCH3 is 1. The quantitative estimate of drug-likeness (QED) is 0.385. The molecule has 7 nitrogen and oxygen atoms in total. The molecule has 4 aliphatic rings. The number of esters is 1. The lowest BCUT2D eigenvalue weighted by molar-refractivity contribution is -0.149. The van der Waals surface area contributed by atoms with Crippen molar-refractivity contribution in [2.75, 3.05) is 13.7 Å². The number of Topliss-reactive ketones (excluding diaryl/α,β-unsaturated/α-hetero) is 1. The second-order valence-corrected chi connectivity index (χ2v) is 9.70. The van der Waals surface area contributed by atoms with Crippen molar-refractivity contribution in [3.8, 4) is 5.75 Å². The number of fused-ring (bicyclic) bond motifs is 5. The molecular formula is C25H29NO6. The fourth-order valence-electron chi connectivity index (χ4n) is 6.48. The average molecular weight is 440 g/mol. The van der Waals surface area contributed by atoms with Gasteiger partial charge in [0, 0.05) is 11.6 Å². The Morgan fingerprint density at radius 3 is 2.06 bits per heavy atom. The first-order valence-corrected chi connectivity index (χ1v) is 11.7. The van der Waals surface area contributed by atoms with Crippen LogP contribution in [0.5, 0.6) is 5.75 Å². The van der Waals surface area contributed by atoms with E-state index < -0.39 is 0 Å². The van der Waals surface area contributed by atoms with E-state index in [1.807, 2.05) is 0 Å². The molecule has 3 saturated carbocycles. The molecule has 1 aromatic carbocycles. The van der Waals surface area contributed by atoms with E-state index in [-0.39, 0.29) is 54.0 Å². The van der Waals surface area contributed by atoms with Gasteiger partial charge in [0.15, 0.2) is 12.4 Å². The van der Waals surface area contributed by atoms with Crippen LogP contribution in [0.25, 0.3) is 0 Å². The number of ether oxygens (including phenoxy) is 2. The van der Waals surface area contributed by atoms with Crippen molar-refractivity contribution in [3.63, 3.8) is 0 Å². The second kappa shape index (κ2) is 8.34. The molecule has 32 heavy (non-hydrogen) atoms. The molecule has 0 unspecified atom stereocenters. The van der Waals surface area contributed by atoms with E-state index in [4.69, 9.17) is 9.47 Å². The van der Waals surface area contributed by atoms with Crippen molar-refractivity contribution in [1.82, 2.24) is 4.90 Å². The Balaban J connectivity index is 1.12. The van der Waals surface area contributed by atoms with Crippen LogP contribution in [0, 0.1) is 29.6 Å². The maximum absolute atomic E-state index is 13.0. The first-order chi connectivity index (χ1) is 15.5. The highest BCUT2D eigenvalue weighted by Gasteiger charge is 2.61. The molecule has 0 N–H and O–H groups in total. The third-order valence-corrected chi connectivity index (χ3v) is 8.11. The van der Waals surface area contributed by atoms with Crippen molar-refractivity contribution in [3.05, 3.63) is 29.8 Å². The van der Waals surface area contributed by atoms with Crippen molar-refractivity contribution in [2.45, 2.75) is 51.0 Å². The van der Waals surface area contributed by atoms with Gasteiger partial charge in [0.05, 0.1) is 24.9 Å². The predicted octanol–water partition coefficient (Wildman–Crippen LogP) is 3.01. The van der Waals surface area contributed by atoms with Crippen molar-refractivity contribution < 1.29 is 28.7 Å². The van der Waals surface area contributed by atoms with Gasteiger partial charge in [0.25, 0.3) is 0 Å². The molecule has 7 heteroatoms. The number of likely N-dealkylation sites (tertiary alicyclic amines) is 1. The number of imide groups is 1. The predicted molar refractivity (Wildman–Crippen MR) is 114 cm³/mol. The van der Waals surface area contributed by atoms with Crippen molar-refractivity contribution >= 4 is 23.6 Å². The van der Waals surface area contributed by atoms with Crippen LogP contribution in [0.15, 0.2) is 24.3 Å². The molecule has 170 valence electrons. The second-order valence-electron chi connectivity index (χ2n) is 9.70. The fourth-order valence-corrected chi connectivity index (χ4v) is 6.48. The summed E-state index contributed by atoms with van der Waals surface area (Å²) in [6, 6.07) is 6.57. The van der Waals surface area contributed by atoms with Crippen molar-refractivity contribution in [2.24, 2.45) is 29.6 Å². The standard InChI is InChI=1S/C25H29NO6/c1-31-19-10-6-14(7-11-19)20(27)13-32-25(30)15-4-8-18(9-5-15)26-23(28)21-16-2-3-17(12-16)22(21)24(26)29/h6-7,10-11,15-18,21-22H,2-5,8-9,12-13H2,1H3/t15?,16-,17-,18?,21-,22+/m0/s1. The highest BCUT2D eigenvalue weighted by Crippen LogP contribution is 2.56. The highest BCUT2D eigenvalue weighted by atomic mass is 16.5. The van der Waals surface area contributed by atoms with Crippen LogP contribution in [0.4, 0.5) is 0 Å². The Labute approximate surface area is 187 Å². The Bertz CT molecular complexity index is 904. The van der Waals surface area contributed by atoms with Crippen LogP contribution >= 0.6 is 0 Å². The number of amides is 2. The smallest absolute Gasteiger partial charge is 0.309 e. The number of carbonyl (C=O) groups is 4. The number of rotatable bonds is 6. The first kappa shape index (κ1) is 21.2. The van der Waals surface area contributed by atoms with E-state index in [0.717, 1.165) is 19.3 Å². The first-order valence-electron chi connectivity index (χ1n) is 11.7. The zero-order valence-corrected chi connectivity index (χ0v) is 18.3. The van der Waals surface area contributed by atoms with Gasteiger partial charge in [-0.25, -0.2) is 0 Å². The minimum absolute atomic E-state index is 0.0308. The van der Waals surface area contributed by atoms with Crippen LogP contribution in [-0.2, 0) is 19.1 Å². The summed E-state index contributed by atoms with van der Waals surface area (Å²) in [5.41, 5.74) is 0.466. The summed E-state index contributed by atoms with van der Waals surface area (Å²) < 4.78 is 10.4. The number of benzene rings is 1.